The van der Waals surface area contributed by atoms with Gasteiger partial charge in [0.2, 0.25) is 0 Å². The zero-order valence-electron chi connectivity index (χ0n) is 17.5. The highest BCUT2D eigenvalue weighted by Crippen LogP contribution is 2.07. The summed E-state index contributed by atoms with van der Waals surface area (Å²) in [5, 5.41) is 11.4. The maximum absolute atomic E-state index is 11.1. The third-order valence-corrected chi connectivity index (χ3v) is 4.90. The molecule has 0 unspecified atom stereocenters. The topological polar surface area (TPSA) is 154 Å². The summed E-state index contributed by atoms with van der Waals surface area (Å²) in [5.41, 5.74) is 11.6. The first kappa shape index (κ1) is 29.3. The van der Waals surface area contributed by atoms with Crippen LogP contribution in [0.5, 0.6) is 0 Å². The van der Waals surface area contributed by atoms with Crippen LogP contribution < -0.4 is 16.8 Å². The number of benzene rings is 1. The van der Waals surface area contributed by atoms with Crippen LogP contribution in [0, 0.1) is 0 Å². The molecule has 3 rings (SSSR count). The molecule has 0 spiro atoms. The summed E-state index contributed by atoms with van der Waals surface area (Å²) in [5.74, 6) is -0.488. The Hall–Kier alpha value is -1.66. The summed E-state index contributed by atoms with van der Waals surface area (Å²) < 4.78 is 9.35. The molecule has 0 amide bonds. The van der Waals surface area contributed by atoms with Gasteiger partial charge in [-0.15, -0.1) is 17.0 Å². The van der Waals surface area contributed by atoms with Crippen molar-refractivity contribution in [2.45, 2.75) is 43.9 Å². The van der Waals surface area contributed by atoms with Crippen LogP contribution in [-0.4, -0.2) is 66.4 Å². The van der Waals surface area contributed by atoms with Crippen LogP contribution in [0.25, 0.3) is 0 Å². The first-order valence-corrected chi connectivity index (χ1v) is 11.1. The van der Waals surface area contributed by atoms with Gasteiger partial charge in [-0.05, 0) is 24.0 Å². The van der Waals surface area contributed by atoms with E-state index in [1.807, 2.05) is 36.6 Å². The van der Waals surface area contributed by atoms with Gasteiger partial charge in [-0.3, -0.25) is 14.4 Å². The fraction of sp³-hybridized carbons (Fsp3) is 0.550. The molecule has 3 atom stereocenters. The molecule has 176 valence electrons. The van der Waals surface area contributed by atoms with Crippen LogP contribution in [0.1, 0.15) is 24.8 Å². The van der Waals surface area contributed by atoms with E-state index in [9.17, 15) is 14.4 Å². The van der Waals surface area contributed by atoms with E-state index in [-0.39, 0.29) is 41.0 Å². The van der Waals surface area contributed by atoms with Crippen molar-refractivity contribution in [3.05, 3.63) is 35.9 Å². The molecule has 6 N–H and O–H groups in total. The lowest BCUT2D eigenvalue weighted by Gasteiger charge is -2.07. The number of rotatable bonds is 7. The van der Waals surface area contributed by atoms with Gasteiger partial charge in [-0.25, -0.2) is 0 Å². The molecule has 31 heavy (non-hydrogen) atoms. The zero-order chi connectivity index (χ0) is 22.4. The third-order valence-electron chi connectivity index (χ3n) is 4.26. The molecule has 0 bridgehead atoms. The first-order valence-electron chi connectivity index (χ1n) is 9.68. The number of aliphatic carboxylic acids is 1. The van der Waals surface area contributed by atoms with Crippen LogP contribution in [0.2, 0.25) is 0 Å². The number of carboxylic acids is 1. The standard InChI is InChI=1S/C11H13NO2.C5H11NO2S.C4H7NO2.BrH/c13-11-10(6-7-14-11)12-8-9-4-2-1-3-5-9;1-9-3-2-4(6)5(7)8;5-3-1-2-7-4(3)6;/h1-5,10,12H,6-8H2;4H,2-3,6H2,1H3,(H,7,8);3H,1-2,5H2;1H/t10-;4-;3-;/m000./s1. The average Bonchev–Trinajstić information content (AvgIpc) is 3.33. The second kappa shape index (κ2) is 17.0. The van der Waals surface area contributed by atoms with Gasteiger partial charge in [0.25, 0.3) is 0 Å². The quantitative estimate of drug-likeness (QED) is 0.383. The predicted molar refractivity (Wildman–Crippen MR) is 125 cm³/mol. The van der Waals surface area contributed by atoms with E-state index in [0.717, 1.165) is 18.7 Å². The molecule has 0 aliphatic carbocycles. The van der Waals surface area contributed by atoms with Gasteiger partial charge in [0.1, 0.15) is 18.1 Å². The van der Waals surface area contributed by atoms with Gasteiger partial charge in [0, 0.05) is 19.4 Å². The molecule has 0 aromatic heterocycles. The van der Waals surface area contributed by atoms with E-state index < -0.39 is 12.0 Å². The maximum atomic E-state index is 11.1. The van der Waals surface area contributed by atoms with Crippen LogP contribution in [0.15, 0.2) is 30.3 Å². The second-order valence-electron chi connectivity index (χ2n) is 6.66. The highest BCUT2D eigenvalue weighted by atomic mass is 79.9. The van der Waals surface area contributed by atoms with E-state index in [1.165, 1.54) is 5.56 Å². The van der Waals surface area contributed by atoms with E-state index in [4.69, 9.17) is 21.3 Å². The highest BCUT2D eigenvalue weighted by molar-refractivity contribution is 8.93. The highest BCUT2D eigenvalue weighted by Gasteiger charge is 2.25. The van der Waals surface area contributed by atoms with Crippen LogP contribution in [0.4, 0.5) is 0 Å². The molecule has 2 aliphatic heterocycles. The third kappa shape index (κ3) is 12.7. The molecule has 1 aromatic rings. The molecule has 2 heterocycles. The van der Waals surface area contributed by atoms with Crippen molar-refractivity contribution in [3.63, 3.8) is 0 Å². The maximum Gasteiger partial charge on any atom is 0.323 e. The molecule has 1 aromatic carbocycles. The van der Waals surface area contributed by atoms with Crippen molar-refractivity contribution in [2.75, 3.05) is 25.2 Å². The molecular formula is C20H32BrN3O6S. The predicted octanol–water partition coefficient (Wildman–Crippen LogP) is 1.08. The summed E-state index contributed by atoms with van der Waals surface area (Å²) in [4.78, 5) is 31.4. The van der Waals surface area contributed by atoms with Crippen molar-refractivity contribution >= 4 is 46.7 Å². The number of thioether (sulfide) groups is 1. The Morgan fingerprint density at radius 3 is 2.23 bits per heavy atom. The summed E-state index contributed by atoms with van der Waals surface area (Å²) in [6.07, 6.45) is 3.94. The van der Waals surface area contributed by atoms with Crippen molar-refractivity contribution in [1.82, 2.24) is 5.32 Å². The number of hydrogen-bond donors (Lipinski definition) is 4. The normalized spacial score (nSPS) is 20.1. The molecule has 9 nitrogen and oxygen atoms in total. The lowest BCUT2D eigenvalue weighted by Crippen LogP contribution is -2.32. The minimum absolute atomic E-state index is 0. The lowest BCUT2D eigenvalue weighted by atomic mass is 10.2. The van der Waals surface area contributed by atoms with Gasteiger partial charge in [-0.2, -0.15) is 11.8 Å². The SMILES string of the molecule is Br.CSCC[C@H](N)C(=O)O.N[C@H]1CCOC1=O.O=C1OCC[C@@H]1NCc1ccccc1. The number of ether oxygens (including phenoxy) is 2. The largest absolute Gasteiger partial charge is 0.480 e. The van der Waals surface area contributed by atoms with Crippen LogP contribution >= 0.6 is 28.7 Å². The van der Waals surface area contributed by atoms with E-state index >= 15 is 0 Å². The van der Waals surface area contributed by atoms with E-state index in [0.29, 0.717) is 26.1 Å². The van der Waals surface area contributed by atoms with Crippen molar-refractivity contribution < 1.29 is 29.0 Å². The number of carbonyl (C=O) groups excluding carboxylic acids is 2. The van der Waals surface area contributed by atoms with Gasteiger partial charge in [0.15, 0.2) is 0 Å². The Kier molecular flexibility index (Phi) is 16.1. The molecule has 2 aliphatic rings. The Bertz CT molecular complexity index is 668. The smallest absolute Gasteiger partial charge is 0.323 e. The molecule has 0 radical (unpaired) electrons. The van der Waals surface area contributed by atoms with Gasteiger partial charge in [-0.1, -0.05) is 30.3 Å². The monoisotopic (exact) mass is 521 g/mol. The average molecular weight is 522 g/mol. The lowest BCUT2D eigenvalue weighted by molar-refractivity contribution is -0.140. The Morgan fingerprint density at radius 1 is 1.19 bits per heavy atom. The summed E-state index contributed by atoms with van der Waals surface area (Å²) in [7, 11) is 0. The number of nitrogens with one attached hydrogen (secondary N) is 1. The fourth-order valence-corrected chi connectivity index (χ4v) is 2.89. The number of carboxylic acid groups (broad SMARTS) is 1. The number of carbonyl (C=O) groups is 3. The minimum Gasteiger partial charge on any atom is -0.480 e. The van der Waals surface area contributed by atoms with Crippen LogP contribution in [0.3, 0.4) is 0 Å². The number of cyclic esters (lactones) is 2. The molecule has 2 fully saturated rings. The van der Waals surface area contributed by atoms with Crippen molar-refractivity contribution in [1.29, 1.82) is 0 Å². The minimum atomic E-state index is -0.913. The van der Waals surface area contributed by atoms with E-state index in [2.05, 4.69) is 10.1 Å². The first-order chi connectivity index (χ1) is 14.3. The summed E-state index contributed by atoms with van der Waals surface area (Å²) >= 11 is 1.60. The number of nitrogens with two attached hydrogens (primary N) is 2. The molecule has 11 heteroatoms. The van der Waals surface area contributed by atoms with Gasteiger partial charge < -0.3 is 31.4 Å². The molecular weight excluding hydrogens is 490 g/mol. The second-order valence-corrected chi connectivity index (χ2v) is 7.65. The fourth-order valence-electron chi connectivity index (χ4n) is 2.40. The Morgan fingerprint density at radius 2 is 1.81 bits per heavy atom. The number of halogens is 1. The van der Waals surface area contributed by atoms with Gasteiger partial charge in [0.05, 0.1) is 13.2 Å². The Balaban J connectivity index is 0.000000461. The molecule has 2 saturated heterocycles. The van der Waals surface area contributed by atoms with Gasteiger partial charge >= 0.3 is 17.9 Å². The summed E-state index contributed by atoms with van der Waals surface area (Å²) in [6, 6.07) is 8.88. The van der Waals surface area contributed by atoms with Crippen LogP contribution in [-0.2, 0) is 30.4 Å². The summed E-state index contributed by atoms with van der Waals surface area (Å²) in [6.45, 7) is 1.77. The Labute approximate surface area is 197 Å². The van der Waals surface area contributed by atoms with Crippen molar-refractivity contribution in [3.8, 4) is 0 Å². The zero-order valence-corrected chi connectivity index (χ0v) is 20.1. The van der Waals surface area contributed by atoms with Crippen molar-refractivity contribution in [2.24, 2.45) is 11.5 Å². The van der Waals surface area contributed by atoms with E-state index in [1.54, 1.807) is 11.8 Å². The number of esters is 2. The number of hydrogen-bond acceptors (Lipinski definition) is 9. The molecule has 0 saturated carbocycles.